The minimum Gasteiger partial charge on any atom is -0.337 e. The second kappa shape index (κ2) is 21.5. The van der Waals surface area contributed by atoms with Crippen LogP contribution in [0.2, 0.25) is 0 Å². The summed E-state index contributed by atoms with van der Waals surface area (Å²) in [6, 6.07) is 22.1. The van der Waals surface area contributed by atoms with Gasteiger partial charge in [-0.15, -0.1) is 12.1 Å². The van der Waals surface area contributed by atoms with Crippen molar-refractivity contribution >= 4 is 71.2 Å². The van der Waals surface area contributed by atoms with Crippen molar-refractivity contribution in [2.75, 3.05) is 26.2 Å². The van der Waals surface area contributed by atoms with Crippen LogP contribution in [0.15, 0.2) is 116 Å². The van der Waals surface area contributed by atoms with Crippen LogP contribution in [-0.2, 0) is 78.3 Å². The number of hydrogen-bond acceptors (Lipinski definition) is 8. The number of fused-ring (bicyclic) bond motifs is 8. The molecular weight excluding hydrogens is 1060 g/mol. The van der Waals surface area contributed by atoms with Crippen LogP contribution < -0.4 is 0 Å². The number of amides is 4. The first kappa shape index (κ1) is 52.5. The van der Waals surface area contributed by atoms with E-state index in [0.29, 0.717) is 72.6 Å². The maximum atomic E-state index is 13.3. The van der Waals surface area contributed by atoms with E-state index >= 15 is 0 Å². The maximum Gasteiger partial charge on any atom is 0.256 e. The summed E-state index contributed by atoms with van der Waals surface area (Å²) in [5, 5.41) is 0. The summed E-state index contributed by atoms with van der Waals surface area (Å²) < 4.78 is 0. The summed E-state index contributed by atoms with van der Waals surface area (Å²) in [6.07, 6.45) is 18.5. The summed E-state index contributed by atoms with van der Waals surface area (Å²) in [7, 11) is 0. The topological polar surface area (TPSA) is 131 Å². The normalized spacial score (nSPS) is 23.6. The van der Waals surface area contributed by atoms with Crippen molar-refractivity contribution in [1.29, 1.82) is 0 Å². The van der Waals surface area contributed by atoms with E-state index in [4.69, 9.17) is 15.0 Å². The number of rotatable bonds is 4. The molecule has 0 aromatic heterocycles. The van der Waals surface area contributed by atoms with E-state index < -0.39 is 0 Å². The monoisotopic (exact) mass is 1120 g/mol. The number of carbonyl (C=O) groups excluding carboxylic acids is 4. The molecule has 4 saturated heterocycles. The molecule has 8 aliphatic rings. The van der Waals surface area contributed by atoms with Gasteiger partial charge in [0, 0.05) is 116 Å². The molecule has 0 N–H and O–H groups in total. The van der Waals surface area contributed by atoms with E-state index in [0.717, 1.165) is 76.0 Å². The first-order chi connectivity index (χ1) is 34.4. The zero-order chi connectivity index (χ0) is 49.2. The Labute approximate surface area is 478 Å². The fourth-order valence-electron chi connectivity index (χ4n) is 11.1. The van der Waals surface area contributed by atoms with Gasteiger partial charge in [0.15, 0.2) is 0 Å². The largest absolute Gasteiger partial charge is 0.337 e. The molecule has 73 heavy (non-hydrogen) atoms. The predicted molar refractivity (Wildman–Crippen MR) is 279 cm³/mol. The third-order valence-corrected chi connectivity index (χ3v) is 15.4. The second-order valence-electron chi connectivity index (χ2n) is 20.0. The maximum absolute atomic E-state index is 13.3. The molecule has 8 heterocycles. The van der Waals surface area contributed by atoms with E-state index in [1.807, 2.05) is 115 Å². The number of allylic oxidation sites excluding steroid dienone is 3. The van der Waals surface area contributed by atoms with Crippen LogP contribution in [0.1, 0.15) is 121 Å². The zero-order valence-electron chi connectivity index (χ0n) is 42.1. The van der Waals surface area contributed by atoms with Crippen molar-refractivity contribution in [3.8, 4) is 0 Å². The van der Waals surface area contributed by atoms with Crippen molar-refractivity contribution in [1.82, 2.24) is 19.6 Å². The van der Waals surface area contributed by atoms with Crippen LogP contribution in [0.3, 0.4) is 0 Å². The Balaban J connectivity index is 0.000000175. The molecule has 4 fully saturated rings. The van der Waals surface area contributed by atoms with Gasteiger partial charge in [0.2, 0.25) is 11.8 Å². The van der Waals surface area contributed by atoms with Crippen LogP contribution in [0, 0.1) is 26.0 Å². The fraction of sp³-hybridized carbons (Fsp3) is 0.322. The summed E-state index contributed by atoms with van der Waals surface area (Å²) in [4.78, 5) is 79.2. The van der Waals surface area contributed by atoms with E-state index in [1.54, 1.807) is 12.1 Å². The summed E-state index contributed by atoms with van der Waals surface area (Å²) in [5.74, 6) is 0.0919. The zero-order valence-corrected chi connectivity index (χ0v) is 47.8. The number of hydrogen-bond donors (Lipinski definition) is 0. The van der Waals surface area contributed by atoms with Crippen molar-refractivity contribution < 1.29 is 84.6 Å². The summed E-state index contributed by atoms with van der Waals surface area (Å²) in [6.45, 7) is 16.8. The van der Waals surface area contributed by atoms with E-state index in [2.05, 4.69) is 41.9 Å². The Morgan fingerprint density at radius 1 is 0.493 bits per heavy atom. The van der Waals surface area contributed by atoms with Crippen LogP contribution in [0.25, 0.3) is 0 Å². The number of aliphatic imine (C=N–C) groups is 4. The standard InChI is InChI=1S/C30H29N4O2.C29H27N4O2.2Y/c1-4-19-10-23-14-31-27-12-21(6-7-25(27)29(35)33(23)16-19)9-22-13-28-26(8-18(22)3)30(36)34-17-20(5-2)11-24(34)15-32-28;1-4-19-10-23-14-31-27-12-21(18(3)8-25(27)29(35)33(23)16-19)9-20-5-6-24-26(11-20)30-13-22-7-17(2)15-32(22)28(24)34;;/h4-5,7-8,12-15,23-24H,9-11,16-17H2,1-3H3;4,6,8,11-14,22-23H,2,7,9-10,15-16H2,1,3H3;;/q2*-1;;/b19-4+,20-5+;19-4+;;/t23-,24-;22-,23-;;/m00../s1. The molecule has 2 radical (unpaired) electrons. The van der Waals surface area contributed by atoms with Crippen LogP contribution >= 0.6 is 0 Å². The average Bonchev–Trinajstić information content (AvgIpc) is 4.14. The molecule has 4 aromatic rings. The summed E-state index contributed by atoms with van der Waals surface area (Å²) >= 11 is 0. The molecule has 0 spiro atoms. The van der Waals surface area contributed by atoms with E-state index in [9.17, 15) is 19.2 Å². The fourth-order valence-corrected chi connectivity index (χ4v) is 11.1. The quantitative estimate of drug-likeness (QED) is 0.149. The Bertz CT molecular complexity index is 3240. The van der Waals surface area contributed by atoms with Crippen molar-refractivity contribution in [2.45, 2.75) is 97.3 Å². The van der Waals surface area contributed by atoms with Gasteiger partial charge in [-0.3, -0.25) is 39.1 Å². The molecule has 12 nitrogen and oxygen atoms in total. The van der Waals surface area contributed by atoms with Crippen LogP contribution in [-0.4, -0.2) is 118 Å². The van der Waals surface area contributed by atoms with Crippen molar-refractivity contribution in [3.05, 3.63) is 163 Å². The molecule has 0 aliphatic carbocycles. The molecule has 4 aromatic carbocycles. The smallest absolute Gasteiger partial charge is 0.256 e. The van der Waals surface area contributed by atoms with Crippen LogP contribution in [0.4, 0.5) is 22.7 Å². The van der Waals surface area contributed by atoms with Gasteiger partial charge in [0.05, 0.1) is 46.7 Å². The molecule has 0 saturated carbocycles. The SMILES string of the molecule is C/C=C1\C[C@H]2C=Nc3cc(Cc4cc5c(cc4C)C(=O)N4C/C(=C/C)C[C@H]4C=N5)[c-]cc3C(=O)N2C1.C=C1C[C@H]2C=Nc3cc(Cc4cc5c(cc4C)C(=O)N4C/C(=C/C)C[C@H]4C=N5)[c-]cc3C(=O)N2C1.[Y].[Y]. The number of nitrogens with zero attached hydrogens (tertiary/aromatic N) is 8. The minimum atomic E-state index is -0.0211. The number of aryl methyl sites for hydroxylation is 2. The molecular formula is C59H56N8O4Y2-2. The van der Waals surface area contributed by atoms with Gasteiger partial charge in [-0.25, -0.2) is 0 Å². The third kappa shape index (κ3) is 10.0. The number of carbonyl (C=O) groups is 4. The Morgan fingerprint density at radius 2 is 0.822 bits per heavy atom. The van der Waals surface area contributed by atoms with Crippen molar-refractivity contribution in [2.24, 2.45) is 20.0 Å². The third-order valence-electron chi connectivity index (χ3n) is 15.4. The molecule has 14 heteroatoms. The second-order valence-corrected chi connectivity index (χ2v) is 20.0. The summed E-state index contributed by atoms with van der Waals surface area (Å²) in [5.41, 5.74) is 16.4. The predicted octanol–water partition coefficient (Wildman–Crippen LogP) is 9.88. The van der Waals surface area contributed by atoms with Gasteiger partial charge in [0.25, 0.3) is 11.8 Å². The molecule has 4 amide bonds. The Hall–Kier alpha value is -5.39. The Morgan fingerprint density at radius 3 is 1.19 bits per heavy atom. The first-order valence-electron chi connectivity index (χ1n) is 24.7. The van der Waals surface area contributed by atoms with Crippen molar-refractivity contribution in [3.63, 3.8) is 0 Å². The van der Waals surface area contributed by atoms with E-state index in [1.165, 1.54) is 16.7 Å². The van der Waals surface area contributed by atoms with Gasteiger partial charge in [0.1, 0.15) is 0 Å². The molecule has 0 unspecified atom stereocenters. The first-order valence-corrected chi connectivity index (χ1v) is 24.7. The van der Waals surface area contributed by atoms with Gasteiger partial charge in [-0.2, -0.15) is 35.4 Å². The van der Waals surface area contributed by atoms with E-state index in [-0.39, 0.29) is 113 Å². The molecule has 0 bridgehead atoms. The number of benzene rings is 4. The minimum absolute atomic E-state index is 0. The molecule has 364 valence electrons. The molecule has 4 atom stereocenters. The van der Waals surface area contributed by atoms with Crippen LogP contribution in [0.5, 0.6) is 0 Å². The average molecular weight is 1120 g/mol. The van der Waals surface area contributed by atoms with Gasteiger partial charge >= 0.3 is 0 Å². The Kier molecular flexibility index (Phi) is 15.4. The molecule has 8 aliphatic heterocycles. The van der Waals surface area contributed by atoms with Gasteiger partial charge < -0.3 is 19.6 Å². The van der Waals surface area contributed by atoms with Gasteiger partial charge in [-0.1, -0.05) is 47.1 Å². The molecule has 12 rings (SSSR count). The van der Waals surface area contributed by atoms with Gasteiger partial charge in [-0.05, 0) is 142 Å².